The smallest absolute Gasteiger partial charge is 0.232 e. The van der Waals surface area contributed by atoms with E-state index in [1.165, 1.54) is 4.31 Å². The standard InChI is InChI=1S/C19H30N2O4S/c1-15(2)25-18-8-6-5-7-17(18)21(26(4,23)24)14-11-19(22)20-12-9-16(3)10-13-20/h5-8,15-16H,9-14H2,1-4H3. The van der Waals surface area contributed by atoms with E-state index >= 15 is 0 Å². The molecule has 0 N–H and O–H groups in total. The molecule has 0 atom stereocenters. The van der Waals surface area contributed by atoms with Gasteiger partial charge in [-0.15, -0.1) is 0 Å². The summed E-state index contributed by atoms with van der Waals surface area (Å²) in [5.74, 6) is 1.16. The Kier molecular flexibility index (Phi) is 6.92. The second-order valence-electron chi connectivity index (χ2n) is 7.28. The highest BCUT2D eigenvalue weighted by Gasteiger charge is 2.25. The van der Waals surface area contributed by atoms with Gasteiger partial charge >= 0.3 is 0 Å². The van der Waals surface area contributed by atoms with Crippen molar-refractivity contribution in [2.75, 3.05) is 30.2 Å². The first kappa shape index (κ1) is 20.6. The molecule has 1 aromatic carbocycles. The summed E-state index contributed by atoms with van der Waals surface area (Å²) in [4.78, 5) is 14.3. The lowest BCUT2D eigenvalue weighted by atomic mass is 9.99. The van der Waals surface area contributed by atoms with E-state index in [0.29, 0.717) is 17.4 Å². The lowest BCUT2D eigenvalue weighted by molar-refractivity contribution is -0.132. The zero-order valence-electron chi connectivity index (χ0n) is 16.1. The molecule has 6 nitrogen and oxygen atoms in total. The summed E-state index contributed by atoms with van der Waals surface area (Å²) < 4.78 is 31.7. The van der Waals surface area contributed by atoms with E-state index in [9.17, 15) is 13.2 Å². The molecule has 1 aliphatic heterocycles. The molecule has 7 heteroatoms. The predicted molar refractivity (Wildman–Crippen MR) is 104 cm³/mol. The van der Waals surface area contributed by atoms with Crippen LogP contribution >= 0.6 is 0 Å². The van der Waals surface area contributed by atoms with Gasteiger partial charge in [-0.2, -0.15) is 0 Å². The highest BCUT2D eigenvalue weighted by atomic mass is 32.2. The average Bonchev–Trinajstić information content (AvgIpc) is 2.55. The largest absolute Gasteiger partial charge is 0.489 e. The van der Waals surface area contributed by atoms with Crippen molar-refractivity contribution in [1.82, 2.24) is 4.90 Å². The second-order valence-corrected chi connectivity index (χ2v) is 9.19. The number of hydrogen-bond acceptors (Lipinski definition) is 4. The van der Waals surface area contributed by atoms with E-state index in [0.717, 1.165) is 32.2 Å². The SMILES string of the molecule is CC1CCN(C(=O)CCN(c2ccccc2OC(C)C)S(C)(=O)=O)CC1. The Labute approximate surface area is 157 Å². The fourth-order valence-electron chi connectivity index (χ4n) is 3.10. The topological polar surface area (TPSA) is 66.9 Å². The van der Waals surface area contributed by atoms with Crippen LogP contribution in [0.2, 0.25) is 0 Å². The molecule has 0 bridgehead atoms. The van der Waals surface area contributed by atoms with Crippen LogP contribution in [0.15, 0.2) is 24.3 Å². The van der Waals surface area contributed by atoms with Gasteiger partial charge < -0.3 is 9.64 Å². The van der Waals surface area contributed by atoms with Gasteiger partial charge in [-0.3, -0.25) is 9.10 Å². The molecular formula is C19H30N2O4S. The molecule has 1 aliphatic rings. The van der Waals surface area contributed by atoms with Crippen LogP contribution < -0.4 is 9.04 Å². The third-order valence-electron chi connectivity index (χ3n) is 4.56. The number of amides is 1. The number of rotatable bonds is 7. The van der Waals surface area contributed by atoms with E-state index in [1.807, 2.05) is 24.8 Å². The molecule has 0 unspecified atom stereocenters. The van der Waals surface area contributed by atoms with Crippen molar-refractivity contribution in [3.8, 4) is 5.75 Å². The van der Waals surface area contributed by atoms with Crippen LogP contribution in [-0.4, -0.2) is 51.2 Å². The van der Waals surface area contributed by atoms with Gasteiger partial charge in [0.25, 0.3) is 0 Å². The van der Waals surface area contributed by atoms with Crippen LogP contribution in [-0.2, 0) is 14.8 Å². The molecule has 146 valence electrons. The third-order valence-corrected chi connectivity index (χ3v) is 5.74. The van der Waals surface area contributed by atoms with Gasteiger partial charge in [-0.1, -0.05) is 19.1 Å². The Balaban J connectivity index is 2.13. The minimum Gasteiger partial charge on any atom is -0.489 e. The summed E-state index contributed by atoms with van der Waals surface area (Å²) in [6, 6.07) is 7.05. The van der Waals surface area contributed by atoms with Crippen molar-refractivity contribution in [2.45, 2.75) is 46.1 Å². The lowest BCUT2D eigenvalue weighted by Gasteiger charge is -2.31. The number of anilines is 1. The predicted octanol–water partition coefficient (Wildman–Crippen LogP) is 2.89. The summed E-state index contributed by atoms with van der Waals surface area (Å²) in [5, 5.41) is 0. The maximum Gasteiger partial charge on any atom is 0.232 e. The van der Waals surface area contributed by atoms with Crippen molar-refractivity contribution in [3.05, 3.63) is 24.3 Å². The maximum atomic E-state index is 12.5. The average molecular weight is 383 g/mol. The van der Waals surface area contributed by atoms with E-state index in [4.69, 9.17) is 4.74 Å². The minimum absolute atomic E-state index is 0.00723. The van der Waals surface area contributed by atoms with Crippen molar-refractivity contribution in [3.63, 3.8) is 0 Å². The molecule has 1 heterocycles. The second kappa shape index (κ2) is 8.75. The quantitative estimate of drug-likeness (QED) is 0.727. The molecule has 0 spiro atoms. The van der Waals surface area contributed by atoms with Gasteiger partial charge in [-0.05, 0) is 44.7 Å². The van der Waals surface area contributed by atoms with E-state index < -0.39 is 10.0 Å². The molecule has 1 amide bonds. The van der Waals surface area contributed by atoms with E-state index in [1.54, 1.807) is 18.2 Å². The van der Waals surface area contributed by atoms with Crippen LogP contribution in [0, 0.1) is 5.92 Å². The summed E-state index contributed by atoms with van der Waals surface area (Å²) in [7, 11) is -3.53. The van der Waals surface area contributed by atoms with Crippen molar-refractivity contribution < 1.29 is 17.9 Å². The van der Waals surface area contributed by atoms with Crippen molar-refractivity contribution in [1.29, 1.82) is 0 Å². The number of para-hydroxylation sites is 2. The Morgan fingerprint density at radius 3 is 2.46 bits per heavy atom. The van der Waals surface area contributed by atoms with Crippen LogP contribution in [0.5, 0.6) is 5.75 Å². The first-order valence-electron chi connectivity index (χ1n) is 9.19. The number of ether oxygens (including phenoxy) is 1. The van der Waals surface area contributed by atoms with Gasteiger partial charge in [-0.25, -0.2) is 8.42 Å². The zero-order valence-corrected chi connectivity index (χ0v) is 17.0. The molecular weight excluding hydrogens is 352 g/mol. The minimum atomic E-state index is -3.53. The molecule has 0 aromatic heterocycles. The van der Waals surface area contributed by atoms with Gasteiger partial charge in [0.05, 0.1) is 18.0 Å². The molecule has 1 aromatic rings. The summed E-state index contributed by atoms with van der Waals surface area (Å²) in [5.41, 5.74) is 0.476. The molecule has 2 rings (SSSR count). The number of benzene rings is 1. The normalized spacial score (nSPS) is 16.0. The fraction of sp³-hybridized carbons (Fsp3) is 0.632. The molecule has 1 fully saturated rings. The Morgan fingerprint density at radius 1 is 1.27 bits per heavy atom. The van der Waals surface area contributed by atoms with E-state index in [-0.39, 0.29) is 25.0 Å². The third kappa shape index (κ3) is 5.62. The van der Waals surface area contributed by atoms with Gasteiger partial charge in [0.1, 0.15) is 5.75 Å². The van der Waals surface area contributed by atoms with Crippen LogP contribution in [0.3, 0.4) is 0 Å². The Hall–Kier alpha value is -1.76. The lowest BCUT2D eigenvalue weighted by Crippen LogP contribution is -2.40. The summed E-state index contributed by atoms with van der Waals surface area (Å²) in [6.45, 7) is 7.60. The Morgan fingerprint density at radius 2 is 1.88 bits per heavy atom. The number of sulfonamides is 1. The number of piperidine rings is 1. The number of likely N-dealkylation sites (tertiary alicyclic amines) is 1. The highest BCUT2D eigenvalue weighted by molar-refractivity contribution is 7.92. The van der Waals surface area contributed by atoms with Crippen LogP contribution in [0.4, 0.5) is 5.69 Å². The number of carbonyl (C=O) groups excluding carboxylic acids is 1. The zero-order chi connectivity index (χ0) is 19.3. The van der Waals surface area contributed by atoms with Crippen LogP contribution in [0.25, 0.3) is 0 Å². The molecule has 0 radical (unpaired) electrons. The molecule has 26 heavy (non-hydrogen) atoms. The van der Waals surface area contributed by atoms with Crippen LogP contribution in [0.1, 0.15) is 40.0 Å². The summed E-state index contributed by atoms with van der Waals surface area (Å²) >= 11 is 0. The maximum absolute atomic E-state index is 12.5. The Bertz CT molecular complexity index is 710. The first-order chi connectivity index (χ1) is 12.2. The molecule has 1 saturated heterocycles. The van der Waals surface area contributed by atoms with Gasteiger partial charge in [0.15, 0.2) is 0 Å². The highest BCUT2D eigenvalue weighted by Crippen LogP contribution is 2.31. The number of nitrogens with zero attached hydrogens (tertiary/aromatic N) is 2. The number of carbonyl (C=O) groups is 1. The van der Waals surface area contributed by atoms with Crippen molar-refractivity contribution >= 4 is 21.6 Å². The first-order valence-corrected chi connectivity index (χ1v) is 11.0. The van der Waals surface area contributed by atoms with Gasteiger partial charge in [0, 0.05) is 26.1 Å². The van der Waals surface area contributed by atoms with Crippen molar-refractivity contribution in [2.24, 2.45) is 5.92 Å². The summed E-state index contributed by atoms with van der Waals surface area (Å²) in [6.07, 6.45) is 3.26. The van der Waals surface area contributed by atoms with E-state index in [2.05, 4.69) is 6.92 Å². The fourth-order valence-corrected chi connectivity index (χ4v) is 4.03. The van der Waals surface area contributed by atoms with Gasteiger partial charge in [0.2, 0.25) is 15.9 Å². The number of hydrogen-bond donors (Lipinski definition) is 0. The molecule has 0 aliphatic carbocycles. The monoisotopic (exact) mass is 382 g/mol. The molecule has 0 saturated carbocycles.